The Hall–Kier alpha value is -2.10. The Bertz CT molecular complexity index is 497. The number of hydrogen-bond donors (Lipinski definition) is 1. The van der Waals surface area contributed by atoms with Gasteiger partial charge in [0.15, 0.2) is 0 Å². The SMILES string of the molecule is CCOc1cc(NCc2ccc(C)cc2)ncn1. The Balaban J connectivity index is 1.97. The van der Waals surface area contributed by atoms with Crippen LogP contribution in [-0.4, -0.2) is 16.6 Å². The maximum absolute atomic E-state index is 5.32. The Labute approximate surface area is 107 Å². The van der Waals surface area contributed by atoms with Gasteiger partial charge in [0.1, 0.15) is 12.1 Å². The molecule has 0 radical (unpaired) electrons. The molecule has 1 aromatic heterocycles. The normalized spacial score (nSPS) is 10.1. The van der Waals surface area contributed by atoms with Gasteiger partial charge in [0.25, 0.3) is 0 Å². The van der Waals surface area contributed by atoms with Gasteiger partial charge in [-0.25, -0.2) is 9.97 Å². The molecule has 0 spiro atoms. The van der Waals surface area contributed by atoms with Crippen molar-refractivity contribution in [2.24, 2.45) is 0 Å². The predicted molar refractivity (Wildman–Crippen MR) is 71.7 cm³/mol. The summed E-state index contributed by atoms with van der Waals surface area (Å²) in [5.41, 5.74) is 2.48. The van der Waals surface area contributed by atoms with E-state index in [1.165, 1.54) is 17.5 Å². The first-order valence-electron chi connectivity index (χ1n) is 6.02. The van der Waals surface area contributed by atoms with Crippen molar-refractivity contribution in [3.05, 3.63) is 47.8 Å². The second kappa shape index (κ2) is 6.00. The van der Waals surface area contributed by atoms with Crippen LogP contribution in [0.2, 0.25) is 0 Å². The second-order valence-electron chi connectivity index (χ2n) is 4.01. The molecule has 2 aromatic rings. The summed E-state index contributed by atoms with van der Waals surface area (Å²) in [7, 11) is 0. The average Bonchev–Trinajstić information content (AvgIpc) is 2.39. The molecule has 0 saturated carbocycles. The van der Waals surface area contributed by atoms with Gasteiger partial charge in [-0.3, -0.25) is 0 Å². The van der Waals surface area contributed by atoms with E-state index in [2.05, 4.69) is 46.5 Å². The van der Waals surface area contributed by atoms with Crippen molar-refractivity contribution in [1.82, 2.24) is 9.97 Å². The van der Waals surface area contributed by atoms with Crippen molar-refractivity contribution in [3.8, 4) is 5.88 Å². The number of aryl methyl sites for hydroxylation is 1. The van der Waals surface area contributed by atoms with E-state index in [9.17, 15) is 0 Å². The molecule has 18 heavy (non-hydrogen) atoms. The van der Waals surface area contributed by atoms with Crippen molar-refractivity contribution in [2.45, 2.75) is 20.4 Å². The fourth-order valence-corrected chi connectivity index (χ4v) is 1.56. The summed E-state index contributed by atoms with van der Waals surface area (Å²) in [5.74, 6) is 1.37. The van der Waals surface area contributed by atoms with Crippen LogP contribution >= 0.6 is 0 Å². The second-order valence-corrected chi connectivity index (χ2v) is 4.01. The summed E-state index contributed by atoms with van der Waals surface area (Å²) in [6.45, 7) is 5.36. The summed E-state index contributed by atoms with van der Waals surface area (Å²) < 4.78 is 5.32. The molecule has 0 aliphatic rings. The van der Waals surface area contributed by atoms with Gasteiger partial charge < -0.3 is 10.1 Å². The van der Waals surface area contributed by atoms with Gasteiger partial charge in [-0.2, -0.15) is 0 Å². The van der Waals surface area contributed by atoms with Crippen molar-refractivity contribution >= 4 is 5.82 Å². The lowest BCUT2D eigenvalue weighted by Crippen LogP contribution is -2.03. The molecule has 0 amide bonds. The lowest BCUT2D eigenvalue weighted by molar-refractivity contribution is 0.326. The van der Waals surface area contributed by atoms with Crippen LogP contribution < -0.4 is 10.1 Å². The number of ether oxygens (including phenoxy) is 1. The molecule has 94 valence electrons. The quantitative estimate of drug-likeness (QED) is 0.877. The molecule has 4 nitrogen and oxygen atoms in total. The van der Waals surface area contributed by atoms with Gasteiger partial charge in [-0.15, -0.1) is 0 Å². The number of hydrogen-bond acceptors (Lipinski definition) is 4. The number of benzene rings is 1. The van der Waals surface area contributed by atoms with Crippen LogP contribution in [0, 0.1) is 6.92 Å². The molecule has 0 saturated heterocycles. The molecule has 0 atom stereocenters. The Kier molecular flexibility index (Phi) is 4.12. The minimum absolute atomic E-state index is 0.596. The monoisotopic (exact) mass is 243 g/mol. The van der Waals surface area contributed by atoms with E-state index in [0.29, 0.717) is 12.5 Å². The molecule has 1 aromatic carbocycles. The van der Waals surface area contributed by atoms with Gasteiger partial charge in [0.05, 0.1) is 6.61 Å². The Morgan fingerprint density at radius 3 is 2.67 bits per heavy atom. The summed E-state index contributed by atoms with van der Waals surface area (Å²) in [6, 6.07) is 10.2. The van der Waals surface area contributed by atoms with Gasteiger partial charge in [-0.05, 0) is 19.4 Å². The van der Waals surface area contributed by atoms with E-state index in [1.807, 2.05) is 6.92 Å². The first-order valence-corrected chi connectivity index (χ1v) is 6.02. The summed E-state index contributed by atoms with van der Waals surface area (Å²) in [5, 5.41) is 3.25. The molecule has 0 aliphatic carbocycles. The zero-order chi connectivity index (χ0) is 12.8. The molecule has 0 fully saturated rings. The number of aromatic nitrogens is 2. The highest BCUT2D eigenvalue weighted by Crippen LogP contribution is 2.12. The highest BCUT2D eigenvalue weighted by molar-refractivity contribution is 5.38. The number of anilines is 1. The lowest BCUT2D eigenvalue weighted by Gasteiger charge is -2.07. The van der Waals surface area contributed by atoms with Crippen LogP contribution in [0.25, 0.3) is 0 Å². The first kappa shape index (κ1) is 12.4. The Morgan fingerprint density at radius 2 is 1.94 bits per heavy atom. The maximum atomic E-state index is 5.32. The zero-order valence-corrected chi connectivity index (χ0v) is 10.7. The zero-order valence-electron chi connectivity index (χ0n) is 10.7. The molecule has 0 bridgehead atoms. The molecule has 2 rings (SSSR count). The van der Waals surface area contributed by atoms with Crippen LogP contribution in [0.4, 0.5) is 5.82 Å². The number of nitrogens with zero attached hydrogens (tertiary/aromatic N) is 2. The Morgan fingerprint density at radius 1 is 1.17 bits per heavy atom. The molecule has 1 N–H and O–H groups in total. The van der Waals surface area contributed by atoms with Crippen LogP contribution in [0.1, 0.15) is 18.1 Å². The fourth-order valence-electron chi connectivity index (χ4n) is 1.56. The third kappa shape index (κ3) is 3.45. The van der Waals surface area contributed by atoms with Crippen LogP contribution in [0.15, 0.2) is 36.7 Å². The third-order valence-corrected chi connectivity index (χ3v) is 2.53. The van der Waals surface area contributed by atoms with Crippen molar-refractivity contribution < 1.29 is 4.74 Å². The van der Waals surface area contributed by atoms with E-state index in [0.717, 1.165) is 12.4 Å². The van der Waals surface area contributed by atoms with Crippen molar-refractivity contribution in [1.29, 1.82) is 0 Å². The van der Waals surface area contributed by atoms with Gasteiger partial charge >= 0.3 is 0 Å². The molecule has 4 heteroatoms. The summed E-state index contributed by atoms with van der Waals surface area (Å²) >= 11 is 0. The summed E-state index contributed by atoms with van der Waals surface area (Å²) in [4.78, 5) is 8.17. The largest absolute Gasteiger partial charge is 0.478 e. The highest BCUT2D eigenvalue weighted by Gasteiger charge is 1.99. The van der Waals surface area contributed by atoms with Gasteiger partial charge in [-0.1, -0.05) is 29.8 Å². The van der Waals surface area contributed by atoms with Crippen LogP contribution in [0.5, 0.6) is 5.88 Å². The standard InChI is InChI=1S/C14H17N3O/c1-3-18-14-8-13(16-10-17-14)15-9-12-6-4-11(2)5-7-12/h4-8,10H,3,9H2,1-2H3,(H,15,16,17). The van der Waals surface area contributed by atoms with E-state index < -0.39 is 0 Å². The van der Waals surface area contributed by atoms with Crippen molar-refractivity contribution in [2.75, 3.05) is 11.9 Å². The fraction of sp³-hybridized carbons (Fsp3) is 0.286. The van der Waals surface area contributed by atoms with E-state index >= 15 is 0 Å². The third-order valence-electron chi connectivity index (χ3n) is 2.53. The van der Waals surface area contributed by atoms with Gasteiger partial charge in [0, 0.05) is 12.6 Å². The van der Waals surface area contributed by atoms with E-state index in [4.69, 9.17) is 4.74 Å². The number of nitrogens with one attached hydrogen (secondary N) is 1. The molecule has 0 aliphatic heterocycles. The molecular formula is C14H17N3O. The van der Waals surface area contributed by atoms with E-state index in [1.54, 1.807) is 6.07 Å². The van der Waals surface area contributed by atoms with Crippen LogP contribution in [-0.2, 0) is 6.54 Å². The predicted octanol–water partition coefficient (Wildman–Crippen LogP) is 2.80. The topological polar surface area (TPSA) is 47.0 Å². The first-order chi connectivity index (χ1) is 8.78. The van der Waals surface area contributed by atoms with E-state index in [-0.39, 0.29) is 0 Å². The summed E-state index contributed by atoms with van der Waals surface area (Å²) in [6.07, 6.45) is 1.50. The minimum atomic E-state index is 0.596. The highest BCUT2D eigenvalue weighted by atomic mass is 16.5. The maximum Gasteiger partial charge on any atom is 0.218 e. The molecule has 0 unspecified atom stereocenters. The number of rotatable bonds is 5. The van der Waals surface area contributed by atoms with Crippen molar-refractivity contribution in [3.63, 3.8) is 0 Å². The van der Waals surface area contributed by atoms with Gasteiger partial charge in [0.2, 0.25) is 5.88 Å². The minimum Gasteiger partial charge on any atom is -0.478 e. The smallest absolute Gasteiger partial charge is 0.218 e. The average molecular weight is 243 g/mol. The molecule has 1 heterocycles. The lowest BCUT2D eigenvalue weighted by atomic mass is 10.1. The van der Waals surface area contributed by atoms with Crippen LogP contribution in [0.3, 0.4) is 0 Å². The molecular weight excluding hydrogens is 226 g/mol.